The molecule has 1 aliphatic rings. The van der Waals surface area contributed by atoms with Crippen LogP contribution in [0.25, 0.3) is 0 Å². The van der Waals surface area contributed by atoms with Gasteiger partial charge < -0.3 is 15.3 Å². The number of hydrogen-bond donors (Lipinski definition) is 2. The molecule has 0 saturated carbocycles. The smallest absolute Gasteiger partial charge is 0.335 e. The van der Waals surface area contributed by atoms with Crippen molar-refractivity contribution in [1.29, 1.82) is 0 Å². The van der Waals surface area contributed by atoms with Gasteiger partial charge in [-0.1, -0.05) is 11.6 Å². The van der Waals surface area contributed by atoms with Crippen molar-refractivity contribution in [1.82, 2.24) is 9.88 Å². The number of likely N-dealkylation sites (tertiary alicyclic amines) is 1. The standard InChI is InChI=1S/C13H18ClN3O2/c1-17-4-2-3-9(8-17)7-15-12-6-10(13(18)19)5-11(14)16-12/h5-6,9H,2-4,7-8H2,1H3,(H,15,16)(H,18,19). The molecule has 1 aliphatic heterocycles. The molecule has 2 rings (SSSR count). The third kappa shape index (κ3) is 4.08. The zero-order chi connectivity index (χ0) is 13.8. The van der Waals surface area contributed by atoms with Gasteiger partial charge in [-0.25, -0.2) is 9.78 Å². The first kappa shape index (κ1) is 14.1. The quantitative estimate of drug-likeness (QED) is 0.829. The van der Waals surface area contributed by atoms with E-state index in [9.17, 15) is 4.79 Å². The first-order valence-electron chi connectivity index (χ1n) is 6.38. The Morgan fingerprint density at radius 2 is 2.42 bits per heavy atom. The molecule has 1 aromatic heterocycles. The number of halogens is 1. The predicted molar refractivity (Wildman–Crippen MR) is 74.9 cm³/mol. The third-order valence-electron chi connectivity index (χ3n) is 3.33. The Hall–Kier alpha value is -1.33. The van der Waals surface area contributed by atoms with Gasteiger partial charge in [-0.15, -0.1) is 0 Å². The van der Waals surface area contributed by atoms with Crippen molar-refractivity contribution in [2.75, 3.05) is 32.0 Å². The van der Waals surface area contributed by atoms with Gasteiger partial charge >= 0.3 is 5.97 Å². The van der Waals surface area contributed by atoms with Crippen LogP contribution in [0.3, 0.4) is 0 Å². The molecule has 1 fully saturated rings. The summed E-state index contributed by atoms with van der Waals surface area (Å²) in [6.45, 7) is 2.99. The summed E-state index contributed by atoms with van der Waals surface area (Å²) in [6, 6.07) is 2.87. The van der Waals surface area contributed by atoms with Crippen molar-refractivity contribution in [2.45, 2.75) is 12.8 Å². The van der Waals surface area contributed by atoms with Crippen LogP contribution in [-0.4, -0.2) is 47.6 Å². The lowest BCUT2D eigenvalue weighted by molar-refractivity contribution is 0.0697. The van der Waals surface area contributed by atoms with Crippen LogP contribution in [-0.2, 0) is 0 Å². The molecule has 1 aromatic rings. The lowest BCUT2D eigenvalue weighted by atomic mass is 9.98. The second-order valence-corrected chi connectivity index (χ2v) is 5.41. The fraction of sp³-hybridized carbons (Fsp3) is 0.538. The topological polar surface area (TPSA) is 65.5 Å². The van der Waals surface area contributed by atoms with E-state index in [1.54, 1.807) is 0 Å². The van der Waals surface area contributed by atoms with E-state index in [-0.39, 0.29) is 10.7 Å². The Bertz CT molecular complexity index is 467. The molecule has 0 aliphatic carbocycles. The van der Waals surface area contributed by atoms with Gasteiger partial charge in [0, 0.05) is 13.1 Å². The van der Waals surface area contributed by atoms with Crippen molar-refractivity contribution in [2.24, 2.45) is 5.92 Å². The number of rotatable bonds is 4. The fourth-order valence-corrected chi connectivity index (χ4v) is 2.61. The van der Waals surface area contributed by atoms with Crippen LogP contribution in [0, 0.1) is 5.92 Å². The molecular weight excluding hydrogens is 266 g/mol. The van der Waals surface area contributed by atoms with Crippen molar-refractivity contribution in [3.8, 4) is 0 Å². The summed E-state index contributed by atoms with van der Waals surface area (Å²) < 4.78 is 0. The summed E-state index contributed by atoms with van der Waals surface area (Å²) in [5.41, 5.74) is 0.156. The summed E-state index contributed by atoms with van der Waals surface area (Å²) in [7, 11) is 2.12. The summed E-state index contributed by atoms with van der Waals surface area (Å²) in [6.07, 6.45) is 2.38. The molecular formula is C13H18ClN3O2. The molecule has 5 nitrogen and oxygen atoms in total. The van der Waals surface area contributed by atoms with Crippen LogP contribution in [0.1, 0.15) is 23.2 Å². The van der Waals surface area contributed by atoms with Crippen molar-refractivity contribution in [3.05, 3.63) is 22.8 Å². The Balaban J connectivity index is 1.97. The number of piperidine rings is 1. The van der Waals surface area contributed by atoms with Crippen LogP contribution in [0.2, 0.25) is 5.15 Å². The van der Waals surface area contributed by atoms with Crippen LogP contribution < -0.4 is 5.32 Å². The number of aromatic carboxylic acids is 1. The average Bonchev–Trinajstić information content (AvgIpc) is 2.36. The zero-order valence-corrected chi connectivity index (χ0v) is 11.7. The lowest BCUT2D eigenvalue weighted by Crippen LogP contribution is -2.35. The maximum atomic E-state index is 10.9. The van der Waals surface area contributed by atoms with E-state index in [2.05, 4.69) is 22.2 Å². The second-order valence-electron chi connectivity index (χ2n) is 5.02. The molecule has 1 saturated heterocycles. The molecule has 0 radical (unpaired) electrons. The third-order valence-corrected chi connectivity index (χ3v) is 3.53. The minimum atomic E-state index is -0.996. The molecule has 0 bridgehead atoms. The molecule has 1 atom stereocenters. The first-order valence-corrected chi connectivity index (χ1v) is 6.75. The van der Waals surface area contributed by atoms with Gasteiger partial charge in [0.15, 0.2) is 0 Å². The number of nitrogens with zero attached hydrogens (tertiary/aromatic N) is 2. The molecule has 19 heavy (non-hydrogen) atoms. The molecule has 2 N–H and O–H groups in total. The molecule has 1 unspecified atom stereocenters. The Morgan fingerprint density at radius 1 is 1.63 bits per heavy atom. The highest BCUT2D eigenvalue weighted by Gasteiger charge is 2.17. The van der Waals surface area contributed by atoms with Crippen LogP contribution in [0.5, 0.6) is 0 Å². The van der Waals surface area contributed by atoms with Gasteiger partial charge in [0.05, 0.1) is 5.56 Å². The summed E-state index contributed by atoms with van der Waals surface area (Å²) in [4.78, 5) is 17.3. The molecule has 0 amide bonds. The van der Waals surface area contributed by atoms with E-state index in [1.165, 1.54) is 25.0 Å². The van der Waals surface area contributed by atoms with Gasteiger partial charge in [-0.2, -0.15) is 0 Å². The molecule has 6 heteroatoms. The maximum absolute atomic E-state index is 10.9. The number of carboxylic acids is 1. The highest BCUT2D eigenvalue weighted by molar-refractivity contribution is 6.29. The lowest BCUT2D eigenvalue weighted by Gasteiger charge is -2.29. The number of pyridine rings is 1. The maximum Gasteiger partial charge on any atom is 0.335 e. The Kier molecular flexibility index (Phi) is 4.61. The van der Waals surface area contributed by atoms with Crippen LogP contribution in [0.4, 0.5) is 5.82 Å². The van der Waals surface area contributed by atoms with E-state index in [1.807, 2.05) is 0 Å². The molecule has 104 valence electrons. The number of anilines is 1. The number of hydrogen-bond acceptors (Lipinski definition) is 4. The summed E-state index contributed by atoms with van der Waals surface area (Å²) in [5.74, 6) is 0.0932. The van der Waals surface area contributed by atoms with E-state index in [4.69, 9.17) is 16.7 Å². The first-order chi connectivity index (χ1) is 9.04. The van der Waals surface area contributed by atoms with Gasteiger partial charge in [0.25, 0.3) is 0 Å². The minimum Gasteiger partial charge on any atom is -0.478 e. The summed E-state index contributed by atoms with van der Waals surface area (Å²) in [5, 5.41) is 12.3. The van der Waals surface area contributed by atoms with E-state index >= 15 is 0 Å². The Morgan fingerprint density at radius 3 is 3.11 bits per heavy atom. The Labute approximate surface area is 117 Å². The van der Waals surface area contributed by atoms with Gasteiger partial charge in [-0.3, -0.25) is 0 Å². The van der Waals surface area contributed by atoms with Crippen molar-refractivity contribution in [3.63, 3.8) is 0 Å². The monoisotopic (exact) mass is 283 g/mol. The molecule has 2 heterocycles. The van der Waals surface area contributed by atoms with Gasteiger partial charge in [-0.05, 0) is 44.5 Å². The van der Waals surface area contributed by atoms with E-state index in [0.29, 0.717) is 11.7 Å². The van der Waals surface area contributed by atoms with Crippen molar-refractivity contribution >= 4 is 23.4 Å². The average molecular weight is 284 g/mol. The minimum absolute atomic E-state index is 0.156. The fourth-order valence-electron chi connectivity index (χ4n) is 2.40. The van der Waals surface area contributed by atoms with E-state index < -0.39 is 5.97 Å². The number of nitrogens with one attached hydrogen (secondary N) is 1. The predicted octanol–water partition coefficient (Wildman–Crippen LogP) is 2.19. The number of aromatic nitrogens is 1. The number of carbonyl (C=O) groups is 1. The van der Waals surface area contributed by atoms with E-state index in [0.717, 1.165) is 19.6 Å². The molecule has 0 aromatic carbocycles. The van der Waals surface area contributed by atoms with Crippen LogP contribution >= 0.6 is 11.6 Å². The highest BCUT2D eigenvalue weighted by Crippen LogP contribution is 2.18. The largest absolute Gasteiger partial charge is 0.478 e. The van der Waals surface area contributed by atoms with Gasteiger partial charge in [0.2, 0.25) is 0 Å². The molecule has 0 spiro atoms. The highest BCUT2D eigenvalue weighted by atomic mass is 35.5. The van der Waals surface area contributed by atoms with Crippen LogP contribution in [0.15, 0.2) is 12.1 Å². The van der Waals surface area contributed by atoms with Crippen molar-refractivity contribution < 1.29 is 9.90 Å². The normalized spacial score (nSPS) is 20.2. The number of carboxylic acid groups (broad SMARTS) is 1. The zero-order valence-electron chi connectivity index (χ0n) is 10.9. The second kappa shape index (κ2) is 6.21. The SMILES string of the molecule is CN1CCCC(CNc2cc(C(=O)O)cc(Cl)n2)C1. The van der Waals surface area contributed by atoms with Gasteiger partial charge in [0.1, 0.15) is 11.0 Å². The summed E-state index contributed by atoms with van der Waals surface area (Å²) >= 11 is 5.82.